The SMILES string of the molecule is COc1cc(N)c(Cl)cc1C(=O)Nc1cccc2c1CCN(C)C2.Cl. The average Bonchev–Trinajstić information content (AvgIpc) is 2.56. The van der Waals surface area contributed by atoms with Crippen LogP contribution in [-0.4, -0.2) is 31.5 Å². The highest BCUT2D eigenvalue weighted by molar-refractivity contribution is 6.33. The van der Waals surface area contributed by atoms with Gasteiger partial charge in [0.25, 0.3) is 5.91 Å². The zero-order valence-corrected chi connectivity index (χ0v) is 15.7. The van der Waals surface area contributed by atoms with Crippen molar-refractivity contribution < 1.29 is 9.53 Å². The van der Waals surface area contributed by atoms with Gasteiger partial charge in [0.2, 0.25) is 0 Å². The normalized spacial score (nSPS) is 13.6. The standard InChI is InChI=1S/C18H20ClN3O2.ClH/c1-22-7-6-12-11(10-22)4-3-5-16(12)21-18(23)13-8-14(19)15(20)9-17(13)24-2;/h3-5,8-9H,6-7,10,20H2,1-2H3,(H,21,23);1H. The van der Waals surface area contributed by atoms with Crippen LogP contribution in [0.25, 0.3) is 0 Å². The van der Waals surface area contributed by atoms with Crippen LogP contribution in [0, 0.1) is 0 Å². The van der Waals surface area contributed by atoms with E-state index in [9.17, 15) is 4.79 Å². The number of carbonyl (C=O) groups excluding carboxylic acids is 1. The summed E-state index contributed by atoms with van der Waals surface area (Å²) in [6.45, 7) is 1.85. The van der Waals surface area contributed by atoms with Gasteiger partial charge in [-0.1, -0.05) is 23.7 Å². The first-order valence-electron chi connectivity index (χ1n) is 7.73. The van der Waals surface area contributed by atoms with E-state index >= 15 is 0 Å². The molecule has 0 aliphatic carbocycles. The Labute approximate surface area is 158 Å². The minimum absolute atomic E-state index is 0. The number of nitrogens with one attached hydrogen (secondary N) is 1. The summed E-state index contributed by atoms with van der Waals surface area (Å²) in [4.78, 5) is 15.0. The van der Waals surface area contributed by atoms with Gasteiger partial charge in [0.1, 0.15) is 5.75 Å². The summed E-state index contributed by atoms with van der Waals surface area (Å²) >= 11 is 6.06. The summed E-state index contributed by atoms with van der Waals surface area (Å²) in [5.74, 6) is 0.139. The molecular formula is C18H21Cl2N3O2. The summed E-state index contributed by atoms with van der Waals surface area (Å²) in [5.41, 5.74) is 9.77. The fraction of sp³-hybridized carbons (Fsp3) is 0.278. The first-order valence-corrected chi connectivity index (χ1v) is 8.11. The largest absolute Gasteiger partial charge is 0.496 e. The molecule has 0 radical (unpaired) electrons. The van der Waals surface area contributed by atoms with E-state index in [2.05, 4.69) is 23.3 Å². The predicted octanol–water partition coefficient (Wildman–Crippen LogP) is 3.59. The Morgan fingerprint density at radius 3 is 2.84 bits per heavy atom. The topological polar surface area (TPSA) is 67.6 Å². The second-order valence-corrected chi connectivity index (χ2v) is 6.37. The Hall–Kier alpha value is -1.95. The number of ether oxygens (including phenoxy) is 1. The number of benzene rings is 2. The predicted molar refractivity (Wildman–Crippen MR) is 104 cm³/mol. The van der Waals surface area contributed by atoms with Gasteiger partial charge < -0.3 is 20.7 Å². The van der Waals surface area contributed by atoms with Crippen molar-refractivity contribution in [3.05, 3.63) is 52.0 Å². The lowest BCUT2D eigenvalue weighted by Gasteiger charge is -2.26. The highest BCUT2D eigenvalue weighted by Crippen LogP contribution is 2.31. The molecule has 2 aromatic rings. The molecule has 3 N–H and O–H groups in total. The highest BCUT2D eigenvalue weighted by Gasteiger charge is 2.20. The van der Waals surface area contributed by atoms with Crippen molar-refractivity contribution in [3.8, 4) is 5.75 Å². The number of hydrogen-bond acceptors (Lipinski definition) is 4. The van der Waals surface area contributed by atoms with E-state index in [0.717, 1.165) is 25.2 Å². The molecule has 0 unspecified atom stereocenters. The minimum atomic E-state index is -0.263. The van der Waals surface area contributed by atoms with Crippen molar-refractivity contribution in [2.75, 3.05) is 31.8 Å². The quantitative estimate of drug-likeness (QED) is 0.797. The molecule has 0 atom stereocenters. The van der Waals surface area contributed by atoms with Gasteiger partial charge in [-0.15, -0.1) is 12.4 Å². The van der Waals surface area contributed by atoms with Crippen LogP contribution in [-0.2, 0) is 13.0 Å². The number of carbonyl (C=O) groups is 1. The van der Waals surface area contributed by atoms with Gasteiger partial charge in [-0.05, 0) is 36.7 Å². The number of nitrogens with zero attached hydrogens (tertiary/aromatic N) is 1. The molecule has 0 aromatic heterocycles. The van der Waals surface area contributed by atoms with Gasteiger partial charge in [0.05, 0.1) is 23.4 Å². The number of hydrogen-bond donors (Lipinski definition) is 2. The van der Waals surface area contributed by atoms with Crippen molar-refractivity contribution in [3.63, 3.8) is 0 Å². The van der Waals surface area contributed by atoms with E-state index in [4.69, 9.17) is 22.1 Å². The number of nitrogens with two attached hydrogens (primary N) is 1. The number of nitrogen functional groups attached to an aromatic ring is 1. The van der Waals surface area contributed by atoms with Crippen LogP contribution < -0.4 is 15.8 Å². The molecule has 0 saturated carbocycles. The number of fused-ring (bicyclic) bond motifs is 1. The summed E-state index contributed by atoms with van der Waals surface area (Å²) in [6.07, 6.45) is 0.905. The zero-order valence-electron chi connectivity index (χ0n) is 14.1. The minimum Gasteiger partial charge on any atom is -0.496 e. The number of halogens is 2. The molecular weight excluding hydrogens is 361 g/mol. The Bertz CT molecular complexity index is 796. The van der Waals surface area contributed by atoms with Crippen LogP contribution >= 0.6 is 24.0 Å². The average molecular weight is 382 g/mol. The third kappa shape index (κ3) is 4.00. The van der Waals surface area contributed by atoms with Gasteiger partial charge in [0, 0.05) is 24.8 Å². The van der Waals surface area contributed by atoms with Gasteiger partial charge in [-0.3, -0.25) is 4.79 Å². The number of anilines is 2. The molecule has 1 aliphatic rings. The van der Waals surface area contributed by atoms with Gasteiger partial charge in [0.15, 0.2) is 0 Å². The molecule has 0 saturated heterocycles. The van der Waals surface area contributed by atoms with Gasteiger partial charge in [-0.25, -0.2) is 0 Å². The first-order chi connectivity index (χ1) is 11.5. The number of methoxy groups -OCH3 is 1. The summed E-state index contributed by atoms with van der Waals surface area (Å²) < 4.78 is 5.26. The Morgan fingerprint density at radius 1 is 1.36 bits per heavy atom. The highest BCUT2D eigenvalue weighted by atomic mass is 35.5. The van der Waals surface area contributed by atoms with Crippen LogP contribution in [0.1, 0.15) is 21.5 Å². The second kappa shape index (κ2) is 7.95. The molecule has 1 aliphatic heterocycles. The fourth-order valence-corrected chi connectivity index (χ4v) is 3.14. The second-order valence-electron chi connectivity index (χ2n) is 5.96. The Kier molecular flexibility index (Phi) is 6.16. The molecule has 134 valence electrons. The lowest BCUT2D eigenvalue weighted by atomic mass is 9.98. The molecule has 0 spiro atoms. The smallest absolute Gasteiger partial charge is 0.259 e. The molecule has 1 heterocycles. The van der Waals surface area contributed by atoms with E-state index in [0.29, 0.717) is 22.0 Å². The van der Waals surface area contributed by atoms with Crippen LogP contribution in [0.4, 0.5) is 11.4 Å². The van der Waals surface area contributed by atoms with Crippen molar-refractivity contribution in [2.45, 2.75) is 13.0 Å². The third-order valence-corrected chi connectivity index (χ3v) is 4.60. The zero-order chi connectivity index (χ0) is 17.3. The van der Waals surface area contributed by atoms with Crippen LogP contribution in [0.3, 0.4) is 0 Å². The van der Waals surface area contributed by atoms with E-state index in [1.54, 1.807) is 6.07 Å². The van der Waals surface area contributed by atoms with E-state index in [-0.39, 0.29) is 18.3 Å². The van der Waals surface area contributed by atoms with Crippen LogP contribution in [0.5, 0.6) is 5.75 Å². The lowest BCUT2D eigenvalue weighted by Crippen LogP contribution is -2.27. The molecule has 2 aromatic carbocycles. The molecule has 1 amide bonds. The molecule has 25 heavy (non-hydrogen) atoms. The van der Waals surface area contributed by atoms with Gasteiger partial charge in [-0.2, -0.15) is 0 Å². The van der Waals surface area contributed by atoms with Crippen molar-refractivity contribution >= 4 is 41.3 Å². The maximum absolute atomic E-state index is 12.7. The fourth-order valence-electron chi connectivity index (χ4n) is 2.97. The Morgan fingerprint density at radius 2 is 2.12 bits per heavy atom. The maximum Gasteiger partial charge on any atom is 0.259 e. The molecule has 7 heteroatoms. The van der Waals surface area contributed by atoms with E-state index in [1.165, 1.54) is 24.3 Å². The first kappa shape index (κ1) is 19.4. The van der Waals surface area contributed by atoms with Gasteiger partial charge >= 0.3 is 0 Å². The molecule has 0 bridgehead atoms. The number of likely N-dealkylation sites (N-methyl/N-ethyl adjacent to an activating group) is 1. The maximum atomic E-state index is 12.7. The summed E-state index contributed by atoms with van der Waals surface area (Å²) in [5, 5.41) is 3.32. The third-order valence-electron chi connectivity index (χ3n) is 4.27. The van der Waals surface area contributed by atoms with Crippen molar-refractivity contribution in [1.29, 1.82) is 0 Å². The monoisotopic (exact) mass is 381 g/mol. The van der Waals surface area contributed by atoms with Crippen molar-refractivity contribution in [1.82, 2.24) is 4.90 Å². The molecule has 5 nitrogen and oxygen atoms in total. The lowest BCUT2D eigenvalue weighted by molar-refractivity contribution is 0.102. The summed E-state index contributed by atoms with van der Waals surface area (Å²) in [7, 11) is 3.59. The van der Waals surface area contributed by atoms with Crippen LogP contribution in [0.2, 0.25) is 5.02 Å². The van der Waals surface area contributed by atoms with E-state index in [1.807, 2.05) is 12.1 Å². The van der Waals surface area contributed by atoms with Crippen LogP contribution in [0.15, 0.2) is 30.3 Å². The number of amides is 1. The Balaban J connectivity index is 0.00000225. The summed E-state index contributed by atoms with van der Waals surface area (Å²) in [6, 6.07) is 9.08. The number of rotatable bonds is 3. The molecule has 0 fully saturated rings. The van der Waals surface area contributed by atoms with E-state index < -0.39 is 0 Å². The van der Waals surface area contributed by atoms with Crippen molar-refractivity contribution in [2.24, 2.45) is 0 Å². The molecule has 3 rings (SSSR count).